The summed E-state index contributed by atoms with van der Waals surface area (Å²) in [5, 5.41) is 24.9. The maximum absolute atomic E-state index is 13.0. The Bertz CT molecular complexity index is 1220. The van der Waals surface area contributed by atoms with Crippen LogP contribution in [-0.2, 0) is 16.9 Å². The third kappa shape index (κ3) is 5.05. The van der Waals surface area contributed by atoms with Gasteiger partial charge in [-0.05, 0) is 42.7 Å². The molecule has 2 aliphatic rings. The van der Waals surface area contributed by atoms with Gasteiger partial charge in [0.1, 0.15) is 12.3 Å². The van der Waals surface area contributed by atoms with Crippen molar-refractivity contribution in [2.75, 3.05) is 13.1 Å². The summed E-state index contributed by atoms with van der Waals surface area (Å²) in [6, 6.07) is 13.2. The first kappa shape index (κ1) is 23.1. The van der Waals surface area contributed by atoms with E-state index in [-0.39, 0.29) is 24.5 Å². The highest BCUT2D eigenvalue weighted by atomic mass is 32.1. The minimum Gasteiger partial charge on any atom is -0.445 e. The molecule has 1 unspecified atom stereocenters. The quantitative estimate of drug-likeness (QED) is 0.538. The van der Waals surface area contributed by atoms with Gasteiger partial charge in [0, 0.05) is 24.4 Å². The van der Waals surface area contributed by atoms with Gasteiger partial charge in [-0.25, -0.2) is 9.48 Å². The molecule has 0 spiro atoms. The number of carbonyl (C=O) groups is 2. The maximum Gasteiger partial charge on any atom is 0.410 e. The number of carbonyl (C=O) groups excluding carboxylic acids is 2. The van der Waals surface area contributed by atoms with Gasteiger partial charge < -0.3 is 15.0 Å². The van der Waals surface area contributed by atoms with E-state index in [0.29, 0.717) is 24.3 Å². The molecule has 2 aromatic heterocycles. The second-order valence-corrected chi connectivity index (χ2v) is 9.86. The molecule has 35 heavy (non-hydrogen) atoms. The summed E-state index contributed by atoms with van der Waals surface area (Å²) in [4.78, 5) is 27.5. The zero-order valence-electron chi connectivity index (χ0n) is 19.2. The van der Waals surface area contributed by atoms with Gasteiger partial charge in [0.2, 0.25) is 0 Å². The molecule has 10 heteroatoms. The topological polar surface area (TPSA) is 113 Å². The van der Waals surface area contributed by atoms with Crippen LogP contribution in [0.5, 0.6) is 0 Å². The molecule has 3 heterocycles. The summed E-state index contributed by atoms with van der Waals surface area (Å²) in [6.45, 7) is 1.24. The van der Waals surface area contributed by atoms with Crippen LogP contribution in [0.15, 0.2) is 53.4 Å². The Morgan fingerprint density at radius 3 is 2.83 bits per heavy atom. The van der Waals surface area contributed by atoms with Crippen molar-refractivity contribution in [2.24, 2.45) is 5.92 Å². The van der Waals surface area contributed by atoms with E-state index < -0.39 is 11.6 Å². The zero-order valence-corrected chi connectivity index (χ0v) is 20.0. The number of ether oxygens (including phenoxy) is 1. The van der Waals surface area contributed by atoms with E-state index in [0.717, 1.165) is 31.2 Å². The van der Waals surface area contributed by atoms with Gasteiger partial charge in [-0.15, -0.1) is 5.10 Å². The minimum absolute atomic E-state index is 0.0713. The maximum atomic E-state index is 13.0. The number of piperidine rings is 1. The molecule has 1 aliphatic heterocycles. The van der Waals surface area contributed by atoms with E-state index in [1.807, 2.05) is 35.7 Å². The van der Waals surface area contributed by atoms with Gasteiger partial charge in [0.05, 0.1) is 23.9 Å². The summed E-state index contributed by atoms with van der Waals surface area (Å²) < 4.78 is 7.16. The molecule has 3 aromatic rings. The van der Waals surface area contributed by atoms with Crippen LogP contribution in [0.1, 0.15) is 53.3 Å². The van der Waals surface area contributed by atoms with E-state index >= 15 is 0 Å². The monoisotopic (exact) mass is 490 g/mol. The Balaban J connectivity index is 1.32. The number of aromatic nitrogens is 3. The number of hydrogen-bond acceptors (Lipinski definition) is 7. The normalized spacial score (nSPS) is 19.4. The Labute approximate surface area is 207 Å². The third-order valence-corrected chi connectivity index (χ3v) is 7.35. The predicted molar refractivity (Wildman–Crippen MR) is 128 cm³/mol. The van der Waals surface area contributed by atoms with Crippen LogP contribution >= 0.6 is 11.3 Å². The van der Waals surface area contributed by atoms with Gasteiger partial charge in [0.15, 0.2) is 5.54 Å². The first-order chi connectivity index (χ1) is 17.1. The lowest BCUT2D eigenvalue weighted by atomic mass is 9.89. The first-order valence-corrected chi connectivity index (χ1v) is 12.6. The predicted octanol–water partition coefficient (Wildman–Crippen LogP) is 3.87. The molecule has 180 valence electrons. The number of nitriles is 1. The Kier molecular flexibility index (Phi) is 6.51. The van der Waals surface area contributed by atoms with Crippen LogP contribution < -0.4 is 5.32 Å². The third-order valence-electron chi connectivity index (χ3n) is 6.66. The number of nitrogens with zero attached hydrogens (tertiary/aromatic N) is 5. The molecule has 2 fully saturated rings. The van der Waals surface area contributed by atoms with Crippen molar-refractivity contribution in [3.63, 3.8) is 0 Å². The molecule has 0 bridgehead atoms. The molecule has 5 rings (SSSR count). The van der Waals surface area contributed by atoms with E-state index in [1.165, 1.54) is 11.3 Å². The van der Waals surface area contributed by atoms with Gasteiger partial charge in [-0.3, -0.25) is 4.79 Å². The largest absolute Gasteiger partial charge is 0.445 e. The average Bonchev–Trinajstić information content (AvgIpc) is 3.26. The number of thiophene rings is 1. The highest BCUT2D eigenvalue weighted by molar-refractivity contribution is 7.08. The van der Waals surface area contributed by atoms with Crippen LogP contribution in [0.2, 0.25) is 0 Å². The summed E-state index contributed by atoms with van der Waals surface area (Å²) in [5.41, 5.74) is 1.48. The minimum atomic E-state index is -0.632. The fourth-order valence-corrected chi connectivity index (χ4v) is 5.08. The standard InChI is InChI=1S/C25H26N6O3S/c26-17-25(9-10-25)31-14-21(28-29-31)22(27-23(32)20-8-12-35-16-20)19-7-4-11-30(13-19)24(33)34-15-18-5-2-1-3-6-18/h1-3,5-6,8,12,14,16,19,22H,4,7,9-11,13,15H2,(H,27,32)/t19?,22-/m0/s1. The fourth-order valence-electron chi connectivity index (χ4n) is 4.45. The SMILES string of the molecule is N#CC1(n2cc([C@@H](NC(=O)c3ccsc3)C3CCCN(C(=O)OCc4ccccc4)C3)nn2)CC1. The van der Waals surface area contributed by atoms with Crippen molar-refractivity contribution in [3.05, 3.63) is 70.2 Å². The number of amides is 2. The summed E-state index contributed by atoms with van der Waals surface area (Å²) in [5.74, 6) is -0.269. The molecule has 2 atom stereocenters. The number of benzene rings is 1. The molecule has 1 saturated carbocycles. The van der Waals surface area contributed by atoms with Crippen LogP contribution in [0.4, 0.5) is 4.79 Å². The van der Waals surface area contributed by atoms with E-state index in [2.05, 4.69) is 21.7 Å². The second kappa shape index (κ2) is 9.88. The molecular formula is C25H26N6O3S. The Morgan fingerprint density at radius 1 is 1.29 bits per heavy atom. The number of nitrogens with one attached hydrogen (secondary N) is 1. The molecule has 0 radical (unpaired) electrons. The van der Waals surface area contributed by atoms with Crippen LogP contribution in [0.25, 0.3) is 0 Å². The number of likely N-dealkylation sites (tertiary alicyclic amines) is 1. The van der Waals surface area contributed by atoms with Crippen LogP contribution in [0, 0.1) is 17.2 Å². The molecule has 1 N–H and O–H groups in total. The van der Waals surface area contributed by atoms with Crippen LogP contribution in [-0.4, -0.2) is 45.0 Å². The van der Waals surface area contributed by atoms with E-state index in [4.69, 9.17) is 4.74 Å². The highest BCUT2D eigenvalue weighted by Crippen LogP contribution is 2.42. The fraction of sp³-hybridized carbons (Fsp3) is 0.400. The average molecular weight is 491 g/mol. The molecule has 9 nitrogen and oxygen atoms in total. The van der Waals surface area contributed by atoms with Gasteiger partial charge in [-0.2, -0.15) is 16.6 Å². The molecule has 1 aromatic carbocycles. The smallest absolute Gasteiger partial charge is 0.410 e. The van der Waals surface area contributed by atoms with E-state index in [1.54, 1.807) is 27.2 Å². The number of hydrogen-bond donors (Lipinski definition) is 1. The van der Waals surface area contributed by atoms with E-state index in [9.17, 15) is 14.9 Å². The van der Waals surface area contributed by atoms with Crippen molar-refractivity contribution in [1.29, 1.82) is 5.26 Å². The van der Waals surface area contributed by atoms with Crippen molar-refractivity contribution in [3.8, 4) is 6.07 Å². The highest BCUT2D eigenvalue weighted by Gasteiger charge is 2.47. The summed E-state index contributed by atoms with van der Waals surface area (Å²) >= 11 is 1.45. The van der Waals surface area contributed by atoms with Gasteiger partial charge in [-0.1, -0.05) is 35.5 Å². The second-order valence-electron chi connectivity index (χ2n) is 9.08. The van der Waals surface area contributed by atoms with Crippen molar-refractivity contribution >= 4 is 23.3 Å². The van der Waals surface area contributed by atoms with Gasteiger partial charge >= 0.3 is 6.09 Å². The van der Waals surface area contributed by atoms with Crippen molar-refractivity contribution < 1.29 is 14.3 Å². The zero-order chi connectivity index (χ0) is 24.3. The van der Waals surface area contributed by atoms with Crippen LogP contribution in [0.3, 0.4) is 0 Å². The molecule has 2 amide bonds. The lowest BCUT2D eigenvalue weighted by Gasteiger charge is -2.36. The molecule has 1 aliphatic carbocycles. The Morgan fingerprint density at radius 2 is 2.11 bits per heavy atom. The first-order valence-electron chi connectivity index (χ1n) is 11.7. The van der Waals surface area contributed by atoms with Crippen molar-refractivity contribution in [1.82, 2.24) is 25.2 Å². The molecule has 1 saturated heterocycles. The van der Waals surface area contributed by atoms with Crippen molar-refractivity contribution in [2.45, 2.75) is 43.9 Å². The number of rotatable bonds is 7. The summed E-state index contributed by atoms with van der Waals surface area (Å²) in [7, 11) is 0. The molecular weight excluding hydrogens is 464 g/mol. The summed E-state index contributed by atoms with van der Waals surface area (Å²) in [6.07, 6.45) is 4.47. The lowest BCUT2D eigenvalue weighted by Crippen LogP contribution is -2.45. The lowest BCUT2D eigenvalue weighted by molar-refractivity contribution is 0.0705. The van der Waals surface area contributed by atoms with Gasteiger partial charge in [0.25, 0.3) is 5.91 Å². The Hall–Kier alpha value is -3.71.